The summed E-state index contributed by atoms with van der Waals surface area (Å²) >= 11 is 0. The van der Waals surface area contributed by atoms with E-state index in [2.05, 4.69) is 5.32 Å². The van der Waals surface area contributed by atoms with E-state index in [1.54, 1.807) is 0 Å². The molecule has 1 saturated carbocycles. The zero-order chi connectivity index (χ0) is 6.97. The monoisotopic (exact) mass is 140 g/mol. The molecule has 0 aromatic heterocycles. The van der Waals surface area contributed by atoms with E-state index in [0.29, 0.717) is 0 Å². The molecule has 3 N–H and O–H groups in total. The van der Waals surface area contributed by atoms with Gasteiger partial charge < -0.3 is 11.1 Å². The van der Waals surface area contributed by atoms with Crippen LogP contribution in [0.3, 0.4) is 0 Å². The Labute approximate surface area is 62.2 Å². The fourth-order valence-electron chi connectivity index (χ4n) is 2.48. The highest BCUT2D eigenvalue weighted by Gasteiger charge is 2.36. The van der Waals surface area contributed by atoms with Crippen LogP contribution in [0.15, 0.2) is 0 Å². The first kappa shape index (κ1) is 6.62. The average molecular weight is 140 g/mol. The molecule has 0 amide bonds. The molecule has 3 atom stereocenters. The van der Waals surface area contributed by atoms with Gasteiger partial charge in [-0.05, 0) is 50.2 Å². The Morgan fingerprint density at radius 1 is 1.20 bits per heavy atom. The molecule has 0 radical (unpaired) electrons. The lowest BCUT2D eigenvalue weighted by Gasteiger charge is -2.05. The highest BCUT2D eigenvalue weighted by Crippen LogP contribution is 2.37. The summed E-state index contributed by atoms with van der Waals surface area (Å²) in [5, 5.41) is 3.43. The number of fused-ring (bicyclic) bond motifs is 1. The average Bonchev–Trinajstić information content (AvgIpc) is 2.42. The molecule has 0 aromatic rings. The molecule has 2 aliphatic rings. The van der Waals surface area contributed by atoms with Gasteiger partial charge in [-0.15, -0.1) is 0 Å². The standard InChI is InChI=1S/C8H16N2/c9-3-6-1-7-4-10-5-8(7)2-6/h6-8,10H,1-5,9H2/t6?,7-,8+. The summed E-state index contributed by atoms with van der Waals surface area (Å²) in [6.07, 6.45) is 2.77. The molecule has 2 nitrogen and oxygen atoms in total. The van der Waals surface area contributed by atoms with Crippen LogP contribution >= 0.6 is 0 Å². The molecular weight excluding hydrogens is 124 g/mol. The summed E-state index contributed by atoms with van der Waals surface area (Å²) in [5.74, 6) is 2.78. The van der Waals surface area contributed by atoms with Gasteiger partial charge in [-0.2, -0.15) is 0 Å². The minimum Gasteiger partial charge on any atom is -0.330 e. The van der Waals surface area contributed by atoms with Gasteiger partial charge in [0.1, 0.15) is 0 Å². The van der Waals surface area contributed by atoms with Gasteiger partial charge in [-0.1, -0.05) is 0 Å². The van der Waals surface area contributed by atoms with Gasteiger partial charge in [0.2, 0.25) is 0 Å². The van der Waals surface area contributed by atoms with E-state index in [0.717, 1.165) is 24.3 Å². The summed E-state index contributed by atoms with van der Waals surface area (Å²) in [5.41, 5.74) is 5.62. The molecule has 1 aliphatic heterocycles. The van der Waals surface area contributed by atoms with Crippen molar-refractivity contribution in [2.24, 2.45) is 23.5 Å². The number of rotatable bonds is 1. The Bertz CT molecular complexity index is 112. The van der Waals surface area contributed by atoms with E-state index in [1.165, 1.54) is 25.9 Å². The molecule has 1 saturated heterocycles. The summed E-state index contributed by atoms with van der Waals surface area (Å²) in [6, 6.07) is 0. The van der Waals surface area contributed by atoms with Crippen molar-refractivity contribution in [2.45, 2.75) is 12.8 Å². The highest BCUT2D eigenvalue weighted by molar-refractivity contribution is 4.90. The lowest BCUT2D eigenvalue weighted by Crippen LogP contribution is -2.16. The van der Waals surface area contributed by atoms with E-state index in [9.17, 15) is 0 Å². The maximum atomic E-state index is 5.62. The van der Waals surface area contributed by atoms with Crippen LogP contribution in [0.1, 0.15) is 12.8 Å². The molecule has 2 fully saturated rings. The second kappa shape index (κ2) is 2.51. The smallest absolute Gasteiger partial charge is 0.00172 e. The van der Waals surface area contributed by atoms with Crippen molar-refractivity contribution in [1.29, 1.82) is 0 Å². The Kier molecular flexibility index (Phi) is 1.66. The topological polar surface area (TPSA) is 38.0 Å². The van der Waals surface area contributed by atoms with E-state index in [-0.39, 0.29) is 0 Å². The highest BCUT2D eigenvalue weighted by atomic mass is 14.9. The van der Waals surface area contributed by atoms with Crippen molar-refractivity contribution in [3.05, 3.63) is 0 Å². The van der Waals surface area contributed by atoms with Crippen LogP contribution in [0.25, 0.3) is 0 Å². The fraction of sp³-hybridized carbons (Fsp3) is 1.00. The van der Waals surface area contributed by atoms with Gasteiger partial charge >= 0.3 is 0 Å². The minimum absolute atomic E-state index is 0.845. The van der Waals surface area contributed by atoms with Crippen LogP contribution in [0.2, 0.25) is 0 Å². The Balaban J connectivity index is 1.94. The predicted octanol–water partition coefficient (Wildman–Crippen LogP) is 0.191. The minimum atomic E-state index is 0.845. The summed E-state index contributed by atoms with van der Waals surface area (Å²) < 4.78 is 0. The summed E-state index contributed by atoms with van der Waals surface area (Å²) in [7, 11) is 0. The molecular formula is C8H16N2. The number of nitrogens with two attached hydrogens (primary N) is 1. The quantitative estimate of drug-likeness (QED) is 0.545. The molecule has 0 spiro atoms. The first-order valence-corrected chi connectivity index (χ1v) is 4.31. The zero-order valence-corrected chi connectivity index (χ0v) is 6.34. The molecule has 2 heteroatoms. The van der Waals surface area contributed by atoms with E-state index >= 15 is 0 Å². The normalized spacial score (nSPS) is 45.9. The van der Waals surface area contributed by atoms with Crippen molar-refractivity contribution in [3.63, 3.8) is 0 Å². The molecule has 0 bridgehead atoms. The van der Waals surface area contributed by atoms with Crippen LogP contribution < -0.4 is 11.1 Å². The summed E-state index contributed by atoms with van der Waals surface area (Å²) in [4.78, 5) is 0. The van der Waals surface area contributed by atoms with Crippen molar-refractivity contribution >= 4 is 0 Å². The van der Waals surface area contributed by atoms with Crippen LogP contribution in [0.4, 0.5) is 0 Å². The van der Waals surface area contributed by atoms with Crippen LogP contribution in [0.5, 0.6) is 0 Å². The summed E-state index contributed by atoms with van der Waals surface area (Å²) in [6.45, 7) is 3.41. The SMILES string of the molecule is NCC1C[C@H]2CNC[C@H]2C1. The fourth-order valence-corrected chi connectivity index (χ4v) is 2.48. The number of hydrogen-bond donors (Lipinski definition) is 2. The second-order valence-electron chi connectivity index (χ2n) is 3.75. The van der Waals surface area contributed by atoms with Gasteiger partial charge in [0.15, 0.2) is 0 Å². The van der Waals surface area contributed by atoms with Crippen molar-refractivity contribution in [2.75, 3.05) is 19.6 Å². The van der Waals surface area contributed by atoms with E-state index in [1.807, 2.05) is 0 Å². The number of hydrogen-bond acceptors (Lipinski definition) is 2. The van der Waals surface area contributed by atoms with Crippen molar-refractivity contribution in [3.8, 4) is 0 Å². The first-order valence-electron chi connectivity index (χ1n) is 4.31. The van der Waals surface area contributed by atoms with Gasteiger partial charge in [-0.3, -0.25) is 0 Å². The maximum Gasteiger partial charge on any atom is -0.00172 e. The molecule has 1 unspecified atom stereocenters. The lowest BCUT2D eigenvalue weighted by molar-refractivity contribution is 0.494. The third-order valence-corrected chi connectivity index (χ3v) is 3.09. The first-order chi connectivity index (χ1) is 4.90. The second-order valence-corrected chi connectivity index (χ2v) is 3.75. The van der Waals surface area contributed by atoms with Gasteiger partial charge in [0, 0.05) is 0 Å². The Morgan fingerprint density at radius 3 is 2.30 bits per heavy atom. The van der Waals surface area contributed by atoms with Gasteiger partial charge in [0.05, 0.1) is 0 Å². The number of nitrogens with one attached hydrogen (secondary N) is 1. The zero-order valence-electron chi connectivity index (χ0n) is 6.34. The lowest BCUT2D eigenvalue weighted by atomic mass is 10.0. The molecule has 1 heterocycles. The van der Waals surface area contributed by atoms with E-state index < -0.39 is 0 Å². The molecule has 58 valence electrons. The predicted molar refractivity (Wildman–Crippen MR) is 41.6 cm³/mol. The Morgan fingerprint density at radius 2 is 1.80 bits per heavy atom. The van der Waals surface area contributed by atoms with Crippen molar-refractivity contribution < 1.29 is 0 Å². The van der Waals surface area contributed by atoms with E-state index in [4.69, 9.17) is 5.73 Å². The van der Waals surface area contributed by atoms with Crippen LogP contribution in [-0.2, 0) is 0 Å². The Hall–Kier alpha value is -0.0800. The van der Waals surface area contributed by atoms with Gasteiger partial charge in [0.25, 0.3) is 0 Å². The van der Waals surface area contributed by atoms with Crippen LogP contribution in [-0.4, -0.2) is 19.6 Å². The third kappa shape index (κ3) is 0.956. The molecule has 1 aliphatic carbocycles. The molecule has 0 aromatic carbocycles. The largest absolute Gasteiger partial charge is 0.330 e. The van der Waals surface area contributed by atoms with Gasteiger partial charge in [-0.25, -0.2) is 0 Å². The third-order valence-electron chi connectivity index (χ3n) is 3.09. The molecule has 2 rings (SSSR count). The maximum absolute atomic E-state index is 5.62. The molecule has 10 heavy (non-hydrogen) atoms. The van der Waals surface area contributed by atoms with Crippen LogP contribution in [0, 0.1) is 17.8 Å². The van der Waals surface area contributed by atoms with Crippen molar-refractivity contribution in [1.82, 2.24) is 5.32 Å².